The normalized spacial score (nSPS) is 11.4. The molecule has 0 fully saturated rings. The number of ether oxygens (including phenoxy) is 1. The van der Waals surface area contributed by atoms with E-state index in [0.29, 0.717) is 6.42 Å². The molecule has 0 aliphatic rings. The van der Waals surface area contributed by atoms with E-state index in [-0.39, 0.29) is 38.1 Å². The molecule has 0 unspecified atom stereocenters. The second kappa shape index (κ2) is 17.0. The van der Waals surface area contributed by atoms with Crippen molar-refractivity contribution in [1.82, 2.24) is 0 Å². The molecule has 6 nitrogen and oxygen atoms in total. The first-order chi connectivity index (χ1) is 11.0. The van der Waals surface area contributed by atoms with Crippen LogP contribution in [0.3, 0.4) is 0 Å². The summed E-state index contributed by atoms with van der Waals surface area (Å²) in [4.78, 5) is 33.2. The van der Waals surface area contributed by atoms with Gasteiger partial charge in [0.2, 0.25) is 0 Å². The van der Waals surface area contributed by atoms with E-state index >= 15 is 0 Å². The van der Waals surface area contributed by atoms with Crippen LogP contribution in [0.2, 0.25) is 0 Å². The average Bonchev–Trinajstić information content (AvgIpc) is 2.50. The van der Waals surface area contributed by atoms with Crippen molar-refractivity contribution >= 4 is 17.9 Å². The average molecular weight is 335 g/mol. The van der Waals surface area contributed by atoms with Crippen LogP contribution in [-0.4, -0.2) is 23.9 Å². The number of esters is 2. The molecule has 0 saturated carbocycles. The van der Waals surface area contributed by atoms with E-state index < -0.39 is 23.9 Å². The van der Waals surface area contributed by atoms with Crippen molar-refractivity contribution < 1.29 is 43.1 Å². The molecule has 134 valence electrons. The van der Waals surface area contributed by atoms with Crippen molar-refractivity contribution in [2.24, 2.45) is 5.73 Å². The molecule has 0 radical (unpaired) electrons. The van der Waals surface area contributed by atoms with Crippen molar-refractivity contribution in [3.05, 3.63) is 0 Å². The molecule has 0 aromatic carbocycles. The van der Waals surface area contributed by atoms with Crippen LogP contribution in [0.1, 0.15) is 84.0 Å². The molecule has 0 aliphatic heterocycles. The fourth-order valence-electron chi connectivity index (χ4n) is 2.21. The monoisotopic (exact) mass is 335 g/mol. The molecule has 0 heterocycles. The first-order valence-corrected chi connectivity index (χ1v) is 8.67. The number of hydrogen-bond donors (Lipinski definition) is 1. The molecule has 0 rings (SSSR count). The van der Waals surface area contributed by atoms with Crippen molar-refractivity contribution in [3.8, 4) is 0 Å². The Labute approximate surface area is 157 Å². The maximum atomic E-state index is 11.5. The quantitative estimate of drug-likeness (QED) is 0.186. The predicted octanol–water partition coefficient (Wildman–Crippen LogP) is -1.16. The van der Waals surface area contributed by atoms with Gasteiger partial charge in [-0.15, -0.1) is 0 Å². The van der Waals surface area contributed by atoms with Gasteiger partial charge in [0, 0.05) is 12.4 Å². The third-order valence-electron chi connectivity index (χ3n) is 3.66. The zero-order valence-corrected chi connectivity index (χ0v) is 15.2. The summed E-state index contributed by atoms with van der Waals surface area (Å²) in [7, 11) is 0. The Hall–Kier alpha value is -0.833. The van der Waals surface area contributed by atoms with Crippen LogP contribution in [-0.2, 0) is 19.1 Å². The number of nitrogens with two attached hydrogens (primary N) is 1. The Bertz CT molecular complexity index is 363. The van der Waals surface area contributed by atoms with Gasteiger partial charge >= 0.3 is 30.8 Å². The minimum atomic E-state index is -1.28. The SMILES string of the molecule is CCCCCCCCCCCC(=O)OC(=O)[C@@H](N)CCC(=O)[O-].[Li+]. The molecule has 0 amide bonds. The van der Waals surface area contributed by atoms with Gasteiger partial charge in [0.1, 0.15) is 6.04 Å². The Kier molecular flexibility index (Phi) is 18.0. The molecule has 1 atom stereocenters. The van der Waals surface area contributed by atoms with Crippen LogP contribution in [0.5, 0.6) is 0 Å². The molecular weight excluding hydrogens is 305 g/mol. The first-order valence-electron chi connectivity index (χ1n) is 8.67. The second-order valence-electron chi connectivity index (χ2n) is 5.89. The third kappa shape index (κ3) is 16.0. The van der Waals surface area contributed by atoms with E-state index in [1.165, 1.54) is 38.5 Å². The molecule has 0 aliphatic carbocycles. The van der Waals surface area contributed by atoms with Gasteiger partial charge in [-0.3, -0.25) is 4.79 Å². The largest absolute Gasteiger partial charge is 1.00 e. The summed E-state index contributed by atoms with van der Waals surface area (Å²) in [6.07, 6.45) is 9.99. The van der Waals surface area contributed by atoms with Gasteiger partial charge in [-0.1, -0.05) is 58.3 Å². The second-order valence-corrected chi connectivity index (χ2v) is 5.89. The predicted molar refractivity (Wildman–Crippen MR) is 85.2 cm³/mol. The van der Waals surface area contributed by atoms with Gasteiger partial charge in [-0.25, -0.2) is 4.79 Å². The van der Waals surface area contributed by atoms with Crippen LogP contribution in [0, 0.1) is 0 Å². The van der Waals surface area contributed by atoms with Crippen LogP contribution in [0.4, 0.5) is 0 Å². The molecule has 0 bridgehead atoms. The Morgan fingerprint density at radius 3 is 1.92 bits per heavy atom. The summed E-state index contributed by atoms with van der Waals surface area (Å²) in [6.45, 7) is 2.19. The number of aliphatic carboxylic acids is 1. The van der Waals surface area contributed by atoms with Gasteiger partial charge in [-0.2, -0.15) is 0 Å². The van der Waals surface area contributed by atoms with Crippen molar-refractivity contribution in [1.29, 1.82) is 0 Å². The molecule has 7 heteroatoms. The van der Waals surface area contributed by atoms with Crippen LogP contribution < -0.4 is 29.7 Å². The van der Waals surface area contributed by atoms with Crippen LogP contribution in [0.15, 0.2) is 0 Å². The number of unbranched alkanes of at least 4 members (excludes halogenated alkanes) is 8. The summed E-state index contributed by atoms with van der Waals surface area (Å²) < 4.78 is 4.60. The standard InChI is InChI=1S/C17H31NO5.Li/c1-2-3-4-5-6-7-8-9-10-11-16(21)23-17(22)14(18)12-13-15(19)20;/h14H,2-13,18H2,1H3,(H,19,20);/q;+1/p-1/t14-;/m0./s1. The molecule has 24 heavy (non-hydrogen) atoms. The fourth-order valence-corrected chi connectivity index (χ4v) is 2.21. The number of rotatable bonds is 14. The third-order valence-corrected chi connectivity index (χ3v) is 3.66. The maximum Gasteiger partial charge on any atom is 1.00 e. The summed E-state index contributed by atoms with van der Waals surface area (Å²) in [6, 6.07) is -1.10. The molecule has 2 N–H and O–H groups in total. The molecule has 0 saturated heterocycles. The smallest absolute Gasteiger partial charge is 0.550 e. The van der Waals surface area contributed by atoms with E-state index in [1.807, 2.05) is 0 Å². The maximum absolute atomic E-state index is 11.5. The topological polar surface area (TPSA) is 110 Å². The number of hydrogen-bond acceptors (Lipinski definition) is 6. The number of carboxylic acids is 1. The van der Waals surface area contributed by atoms with Crippen LogP contribution >= 0.6 is 0 Å². The molecule has 0 aromatic rings. The van der Waals surface area contributed by atoms with E-state index in [0.717, 1.165) is 12.8 Å². The minimum absolute atomic E-state index is 0. The fraction of sp³-hybridized carbons (Fsp3) is 0.824. The first kappa shape index (κ1) is 25.4. The summed E-state index contributed by atoms with van der Waals surface area (Å²) in [5.41, 5.74) is 5.44. The van der Waals surface area contributed by atoms with Crippen LogP contribution in [0.25, 0.3) is 0 Å². The molecular formula is C17H30LiNO5. The van der Waals surface area contributed by atoms with Gasteiger partial charge in [0.25, 0.3) is 0 Å². The van der Waals surface area contributed by atoms with Gasteiger partial charge in [0.05, 0.1) is 0 Å². The Balaban J connectivity index is 0. The number of carboxylic acid groups (broad SMARTS) is 1. The minimum Gasteiger partial charge on any atom is -0.550 e. The summed E-state index contributed by atoms with van der Waals surface area (Å²) in [5, 5.41) is 10.3. The van der Waals surface area contributed by atoms with E-state index in [1.54, 1.807) is 0 Å². The Morgan fingerprint density at radius 2 is 1.42 bits per heavy atom. The number of carbonyl (C=O) groups is 3. The molecule has 0 spiro atoms. The number of carbonyl (C=O) groups excluding carboxylic acids is 3. The van der Waals surface area contributed by atoms with Crippen molar-refractivity contribution in [3.63, 3.8) is 0 Å². The zero-order valence-electron chi connectivity index (χ0n) is 15.2. The summed E-state index contributed by atoms with van der Waals surface area (Å²) in [5.74, 6) is -2.75. The van der Waals surface area contributed by atoms with Crippen molar-refractivity contribution in [2.45, 2.75) is 90.0 Å². The van der Waals surface area contributed by atoms with E-state index in [2.05, 4.69) is 11.7 Å². The zero-order chi connectivity index (χ0) is 17.5. The Morgan fingerprint density at radius 1 is 0.917 bits per heavy atom. The van der Waals surface area contributed by atoms with E-state index in [9.17, 15) is 19.5 Å². The van der Waals surface area contributed by atoms with Gasteiger partial charge < -0.3 is 20.4 Å². The van der Waals surface area contributed by atoms with Gasteiger partial charge in [-0.05, 0) is 19.3 Å². The summed E-state index contributed by atoms with van der Waals surface area (Å²) >= 11 is 0. The van der Waals surface area contributed by atoms with Gasteiger partial charge in [0.15, 0.2) is 0 Å². The van der Waals surface area contributed by atoms with Crippen molar-refractivity contribution in [2.75, 3.05) is 0 Å². The van der Waals surface area contributed by atoms with E-state index in [4.69, 9.17) is 5.73 Å². The molecule has 0 aromatic heterocycles.